The van der Waals surface area contributed by atoms with E-state index in [4.69, 9.17) is 0 Å². The van der Waals surface area contributed by atoms with E-state index in [2.05, 4.69) is 21.2 Å². The number of likely N-dealkylation sites (N-methyl/N-ethyl adjacent to an activating group) is 1. The Bertz CT molecular complexity index is 1330. The molecule has 0 aromatic heterocycles. The maximum absolute atomic E-state index is 13.9. The smallest absolute Gasteiger partial charge is 0.264 e. The third kappa shape index (κ3) is 7.45. The van der Waals surface area contributed by atoms with Gasteiger partial charge in [0.05, 0.1) is 10.6 Å². The van der Waals surface area contributed by atoms with Crippen molar-refractivity contribution in [3.63, 3.8) is 0 Å². The summed E-state index contributed by atoms with van der Waals surface area (Å²) in [6.07, 6.45) is 0.929. The minimum Gasteiger partial charge on any atom is -0.355 e. The van der Waals surface area contributed by atoms with E-state index in [1.165, 1.54) is 17.0 Å². The summed E-state index contributed by atoms with van der Waals surface area (Å²) < 4.78 is 29.5. The maximum atomic E-state index is 13.9. The molecule has 3 rings (SSSR count). The Hall–Kier alpha value is -3.17. The first kappa shape index (κ1) is 29.4. The number of aryl methyl sites for hydroxylation is 1. The van der Waals surface area contributed by atoms with Crippen LogP contribution in [0.4, 0.5) is 5.69 Å². The van der Waals surface area contributed by atoms with E-state index >= 15 is 0 Å². The number of sulfonamides is 1. The molecule has 2 amide bonds. The number of amides is 2. The van der Waals surface area contributed by atoms with Crippen LogP contribution in [0.2, 0.25) is 0 Å². The lowest BCUT2D eigenvalue weighted by Gasteiger charge is -2.33. The van der Waals surface area contributed by atoms with Gasteiger partial charge in [-0.15, -0.1) is 0 Å². The Balaban J connectivity index is 2.00. The molecule has 0 aliphatic heterocycles. The van der Waals surface area contributed by atoms with Crippen LogP contribution in [-0.4, -0.2) is 50.8 Å². The number of nitrogens with zero attached hydrogens (tertiary/aromatic N) is 2. The minimum atomic E-state index is -4.08. The van der Waals surface area contributed by atoms with Crippen LogP contribution in [0.25, 0.3) is 0 Å². The normalized spacial score (nSPS) is 12.0. The highest BCUT2D eigenvalue weighted by Gasteiger charge is 2.33. The first-order valence-corrected chi connectivity index (χ1v) is 14.9. The zero-order valence-corrected chi connectivity index (χ0v) is 24.3. The summed E-state index contributed by atoms with van der Waals surface area (Å²) in [4.78, 5) is 28.4. The molecule has 3 aromatic carbocycles. The molecule has 0 bridgehead atoms. The second kappa shape index (κ2) is 13.6. The predicted molar refractivity (Wildman–Crippen MR) is 154 cm³/mol. The van der Waals surface area contributed by atoms with Gasteiger partial charge in [0.15, 0.2) is 0 Å². The molecular formula is C29H34BrN3O4S. The molecule has 0 aliphatic carbocycles. The van der Waals surface area contributed by atoms with Gasteiger partial charge in [-0.2, -0.15) is 0 Å². The summed E-state index contributed by atoms with van der Waals surface area (Å²) >= 11 is 3.41. The van der Waals surface area contributed by atoms with Gasteiger partial charge in [-0.1, -0.05) is 76.9 Å². The fourth-order valence-electron chi connectivity index (χ4n) is 4.19. The molecule has 1 unspecified atom stereocenters. The summed E-state index contributed by atoms with van der Waals surface area (Å²) in [6.45, 7) is 5.80. The number of anilines is 1. The van der Waals surface area contributed by atoms with E-state index in [1.54, 1.807) is 36.4 Å². The lowest BCUT2D eigenvalue weighted by atomic mass is 10.1. The van der Waals surface area contributed by atoms with Crippen molar-refractivity contribution in [1.29, 1.82) is 0 Å². The third-order valence-electron chi connectivity index (χ3n) is 6.21. The molecule has 7 nitrogen and oxygen atoms in total. The molecule has 1 atom stereocenters. The van der Waals surface area contributed by atoms with Crippen molar-refractivity contribution in [2.75, 3.05) is 23.9 Å². The summed E-state index contributed by atoms with van der Waals surface area (Å²) in [5.41, 5.74) is 2.29. The fraction of sp³-hybridized carbons (Fsp3) is 0.310. The lowest BCUT2D eigenvalue weighted by Crippen LogP contribution is -2.53. The van der Waals surface area contributed by atoms with E-state index in [0.29, 0.717) is 29.5 Å². The molecule has 0 spiro atoms. The highest BCUT2D eigenvalue weighted by Crippen LogP contribution is 2.27. The number of nitrogens with one attached hydrogen (secondary N) is 1. The molecule has 3 aromatic rings. The van der Waals surface area contributed by atoms with Crippen molar-refractivity contribution >= 4 is 43.5 Å². The van der Waals surface area contributed by atoms with Gasteiger partial charge in [-0.25, -0.2) is 8.42 Å². The van der Waals surface area contributed by atoms with Crippen LogP contribution in [0.1, 0.15) is 31.4 Å². The van der Waals surface area contributed by atoms with Crippen LogP contribution in [-0.2, 0) is 26.0 Å². The molecule has 0 heterocycles. The van der Waals surface area contributed by atoms with Crippen molar-refractivity contribution in [3.8, 4) is 0 Å². The van der Waals surface area contributed by atoms with Gasteiger partial charge < -0.3 is 10.2 Å². The highest BCUT2D eigenvalue weighted by molar-refractivity contribution is 9.10. The second-order valence-corrected chi connectivity index (χ2v) is 11.7. The van der Waals surface area contributed by atoms with Gasteiger partial charge in [0, 0.05) is 17.6 Å². The minimum absolute atomic E-state index is 0.0856. The van der Waals surface area contributed by atoms with Crippen LogP contribution in [0.5, 0.6) is 0 Å². The second-order valence-electron chi connectivity index (χ2n) is 8.95. The number of carbonyl (C=O) groups excluding carboxylic acids is 2. The summed E-state index contributed by atoms with van der Waals surface area (Å²) in [5.74, 6) is -0.707. The Morgan fingerprint density at radius 1 is 0.947 bits per heavy atom. The number of halogens is 1. The molecule has 0 saturated carbocycles. The van der Waals surface area contributed by atoms with Crippen LogP contribution in [0.15, 0.2) is 88.2 Å². The average Bonchev–Trinajstić information content (AvgIpc) is 2.90. The first-order valence-electron chi connectivity index (χ1n) is 12.6. The molecule has 38 heavy (non-hydrogen) atoms. The number of benzene rings is 3. The molecular weight excluding hydrogens is 566 g/mol. The van der Waals surface area contributed by atoms with Crippen molar-refractivity contribution in [1.82, 2.24) is 10.2 Å². The van der Waals surface area contributed by atoms with Crippen LogP contribution in [0.3, 0.4) is 0 Å². The zero-order chi connectivity index (χ0) is 27.7. The highest BCUT2D eigenvalue weighted by atomic mass is 79.9. The standard InChI is InChI=1S/C29H34BrN3O4S/c1-4-27(29(35)31-5-2)32(19-18-23-10-7-6-8-11-23)28(34)21-33(25-13-9-12-24(30)20-25)38(36,37)26-16-14-22(3)15-17-26/h6-17,20,27H,4-5,18-19,21H2,1-3H3,(H,31,35). The van der Waals surface area contributed by atoms with Crippen molar-refractivity contribution in [3.05, 3.63) is 94.5 Å². The van der Waals surface area contributed by atoms with Gasteiger partial charge in [-0.05, 0) is 62.6 Å². The van der Waals surface area contributed by atoms with Crippen molar-refractivity contribution < 1.29 is 18.0 Å². The Morgan fingerprint density at radius 2 is 1.63 bits per heavy atom. The largest absolute Gasteiger partial charge is 0.355 e. The zero-order valence-electron chi connectivity index (χ0n) is 21.9. The van der Waals surface area contributed by atoms with Crippen molar-refractivity contribution in [2.45, 2.75) is 44.6 Å². The summed E-state index contributed by atoms with van der Waals surface area (Å²) in [7, 11) is -4.08. The topological polar surface area (TPSA) is 86.8 Å². The van der Waals surface area contributed by atoms with E-state index in [1.807, 2.05) is 51.1 Å². The van der Waals surface area contributed by atoms with Gasteiger partial charge in [-0.3, -0.25) is 13.9 Å². The molecule has 0 radical (unpaired) electrons. The molecule has 0 fully saturated rings. The maximum Gasteiger partial charge on any atom is 0.264 e. The molecule has 9 heteroatoms. The van der Waals surface area contributed by atoms with Crippen LogP contribution < -0.4 is 9.62 Å². The van der Waals surface area contributed by atoms with E-state index in [9.17, 15) is 18.0 Å². The number of rotatable bonds is 12. The van der Waals surface area contributed by atoms with E-state index < -0.39 is 28.5 Å². The molecule has 1 N–H and O–H groups in total. The van der Waals surface area contributed by atoms with Crippen molar-refractivity contribution in [2.24, 2.45) is 0 Å². The number of hydrogen-bond acceptors (Lipinski definition) is 4. The Morgan fingerprint density at radius 3 is 2.24 bits per heavy atom. The third-order valence-corrected chi connectivity index (χ3v) is 8.49. The summed E-state index contributed by atoms with van der Waals surface area (Å²) in [6, 6.07) is 22.3. The van der Waals surface area contributed by atoms with Gasteiger partial charge in [0.1, 0.15) is 12.6 Å². The van der Waals surface area contributed by atoms with Crippen LogP contribution >= 0.6 is 15.9 Å². The number of hydrogen-bond donors (Lipinski definition) is 1. The quantitative estimate of drug-likeness (QED) is 0.319. The fourth-order valence-corrected chi connectivity index (χ4v) is 5.98. The average molecular weight is 601 g/mol. The van der Waals surface area contributed by atoms with Gasteiger partial charge >= 0.3 is 0 Å². The summed E-state index contributed by atoms with van der Waals surface area (Å²) in [5, 5.41) is 2.81. The van der Waals surface area contributed by atoms with E-state index in [0.717, 1.165) is 15.4 Å². The predicted octanol–water partition coefficient (Wildman–Crippen LogP) is 4.94. The lowest BCUT2D eigenvalue weighted by molar-refractivity contribution is -0.139. The van der Waals surface area contributed by atoms with Gasteiger partial charge in [0.2, 0.25) is 11.8 Å². The van der Waals surface area contributed by atoms with Crippen LogP contribution in [0, 0.1) is 6.92 Å². The SMILES string of the molecule is CCNC(=O)C(CC)N(CCc1ccccc1)C(=O)CN(c1cccc(Br)c1)S(=O)(=O)c1ccc(C)cc1. The number of carbonyl (C=O) groups is 2. The first-order chi connectivity index (χ1) is 18.2. The molecule has 202 valence electrons. The monoisotopic (exact) mass is 599 g/mol. The van der Waals surface area contributed by atoms with E-state index in [-0.39, 0.29) is 17.3 Å². The Kier molecular flexibility index (Phi) is 10.5. The van der Waals surface area contributed by atoms with Gasteiger partial charge in [0.25, 0.3) is 10.0 Å². The molecule has 0 saturated heterocycles. The Labute approximate surface area is 234 Å². The molecule has 0 aliphatic rings.